The highest BCUT2D eigenvalue weighted by molar-refractivity contribution is 5.98. The van der Waals surface area contributed by atoms with Crippen molar-refractivity contribution in [1.82, 2.24) is 20.1 Å². The van der Waals surface area contributed by atoms with E-state index in [1.54, 1.807) is 0 Å². The molecule has 1 aromatic heterocycles. The normalized spacial score (nSPS) is 15.5. The van der Waals surface area contributed by atoms with Gasteiger partial charge in [-0.2, -0.15) is 0 Å². The third-order valence-corrected chi connectivity index (χ3v) is 8.52. The lowest BCUT2D eigenvalue weighted by molar-refractivity contribution is -0.118. The number of nitrogens with one attached hydrogen (secondary N) is 3. The number of H-pyrrole nitrogens is 1. The van der Waals surface area contributed by atoms with Crippen LogP contribution in [0.1, 0.15) is 60.8 Å². The van der Waals surface area contributed by atoms with Gasteiger partial charge in [0.15, 0.2) is 0 Å². The summed E-state index contributed by atoms with van der Waals surface area (Å²) in [5, 5.41) is 7.29. The lowest BCUT2D eigenvalue weighted by Crippen LogP contribution is -2.53. The fraction of sp³-hybridized carbons (Fsp3) is 0.371. The summed E-state index contributed by atoms with van der Waals surface area (Å²) in [5.41, 5.74) is 6.63. The number of aromatic amines is 1. The van der Waals surface area contributed by atoms with E-state index < -0.39 is 6.04 Å². The Balaban J connectivity index is 1.33. The van der Waals surface area contributed by atoms with Crippen LogP contribution in [-0.4, -0.2) is 59.9 Å². The SMILES string of the molecule is CCc1ccccc1C1CCN(C(=O)N[C@@H](C(=O)Nc2cccc(CN(C)C)c2)[C@H](C)c2c[nH]c3ccccc23)CC1. The van der Waals surface area contributed by atoms with Crippen LogP contribution < -0.4 is 10.6 Å². The van der Waals surface area contributed by atoms with Crippen LogP contribution in [0.2, 0.25) is 0 Å². The lowest BCUT2D eigenvalue weighted by Gasteiger charge is -2.34. The van der Waals surface area contributed by atoms with Crippen LogP contribution in [-0.2, 0) is 17.8 Å². The van der Waals surface area contributed by atoms with Gasteiger partial charge in [0.2, 0.25) is 5.91 Å². The zero-order chi connectivity index (χ0) is 29.6. The molecule has 5 rings (SSSR count). The quantitative estimate of drug-likeness (QED) is 0.217. The number of rotatable bonds is 9. The Morgan fingerprint density at radius 3 is 2.50 bits per heavy atom. The first-order chi connectivity index (χ1) is 20.3. The number of anilines is 1. The maximum atomic E-state index is 13.9. The summed E-state index contributed by atoms with van der Waals surface area (Å²) in [6.07, 6.45) is 4.80. The number of likely N-dealkylation sites (tertiary alicyclic amines) is 1. The number of aryl methyl sites for hydroxylation is 1. The van der Waals surface area contributed by atoms with Gasteiger partial charge in [-0.3, -0.25) is 4.79 Å². The number of urea groups is 1. The van der Waals surface area contributed by atoms with Crippen LogP contribution >= 0.6 is 0 Å². The van der Waals surface area contributed by atoms with E-state index in [0.29, 0.717) is 19.0 Å². The molecular weight excluding hydrogens is 522 g/mol. The number of para-hydroxylation sites is 1. The number of aromatic nitrogens is 1. The van der Waals surface area contributed by atoms with Crippen LogP contribution in [0.3, 0.4) is 0 Å². The Hall–Kier alpha value is -4.10. The molecule has 3 aromatic carbocycles. The first kappa shape index (κ1) is 29.4. The fourth-order valence-corrected chi connectivity index (χ4v) is 6.27. The first-order valence-electron chi connectivity index (χ1n) is 15.1. The Morgan fingerprint density at radius 1 is 1.00 bits per heavy atom. The molecule has 0 bridgehead atoms. The third-order valence-electron chi connectivity index (χ3n) is 8.52. The summed E-state index contributed by atoms with van der Waals surface area (Å²) in [4.78, 5) is 34.8. The molecule has 1 aliphatic rings. The number of nitrogens with zero attached hydrogens (tertiary/aromatic N) is 2. The average Bonchev–Trinajstić information content (AvgIpc) is 3.43. The van der Waals surface area contributed by atoms with E-state index in [-0.39, 0.29) is 17.9 Å². The minimum atomic E-state index is -0.757. The maximum absolute atomic E-state index is 13.9. The second-order valence-corrected chi connectivity index (χ2v) is 11.7. The minimum absolute atomic E-state index is 0.189. The summed E-state index contributed by atoms with van der Waals surface area (Å²) >= 11 is 0. The third kappa shape index (κ3) is 6.68. The van der Waals surface area contributed by atoms with E-state index in [2.05, 4.69) is 57.8 Å². The highest BCUT2D eigenvalue weighted by atomic mass is 16.2. The van der Waals surface area contributed by atoms with E-state index >= 15 is 0 Å². The zero-order valence-corrected chi connectivity index (χ0v) is 25.2. The molecule has 4 aromatic rings. The summed E-state index contributed by atoms with van der Waals surface area (Å²) in [5.74, 6) is -0.0391. The van der Waals surface area contributed by atoms with E-state index in [9.17, 15) is 9.59 Å². The molecule has 3 N–H and O–H groups in total. The van der Waals surface area contributed by atoms with E-state index in [4.69, 9.17) is 0 Å². The van der Waals surface area contributed by atoms with Crippen molar-refractivity contribution in [2.75, 3.05) is 32.5 Å². The van der Waals surface area contributed by atoms with Gasteiger partial charge in [-0.05, 0) is 79.7 Å². The number of piperidine rings is 1. The molecule has 0 radical (unpaired) electrons. The number of hydrogen-bond donors (Lipinski definition) is 3. The van der Waals surface area contributed by atoms with Crippen LogP contribution in [0.5, 0.6) is 0 Å². The number of benzene rings is 3. The van der Waals surface area contributed by atoms with Gasteiger partial charge in [-0.25, -0.2) is 4.79 Å². The Bertz CT molecular complexity index is 1520. The van der Waals surface area contributed by atoms with Gasteiger partial charge < -0.3 is 25.4 Å². The molecule has 1 fully saturated rings. The Kier molecular flexibility index (Phi) is 9.28. The minimum Gasteiger partial charge on any atom is -0.361 e. The summed E-state index contributed by atoms with van der Waals surface area (Å²) < 4.78 is 0. The average molecular weight is 566 g/mol. The van der Waals surface area contributed by atoms with Crippen molar-refractivity contribution in [3.8, 4) is 0 Å². The molecule has 0 spiro atoms. The lowest BCUT2D eigenvalue weighted by atomic mass is 9.86. The fourth-order valence-electron chi connectivity index (χ4n) is 6.27. The maximum Gasteiger partial charge on any atom is 0.318 e. The summed E-state index contributed by atoms with van der Waals surface area (Å²) in [7, 11) is 4.04. The molecule has 1 aliphatic heterocycles. The van der Waals surface area contributed by atoms with Gasteiger partial charge in [0, 0.05) is 48.3 Å². The monoisotopic (exact) mass is 565 g/mol. The second-order valence-electron chi connectivity index (χ2n) is 11.7. The van der Waals surface area contributed by atoms with E-state index in [0.717, 1.165) is 53.5 Å². The second kappa shape index (κ2) is 13.3. The molecule has 2 atom stereocenters. The van der Waals surface area contributed by atoms with Crippen molar-refractivity contribution in [3.63, 3.8) is 0 Å². The van der Waals surface area contributed by atoms with Gasteiger partial charge >= 0.3 is 6.03 Å². The van der Waals surface area contributed by atoms with Gasteiger partial charge in [0.25, 0.3) is 0 Å². The molecule has 0 unspecified atom stereocenters. The molecule has 2 heterocycles. The molecule has 220 valence electrons. The number of amides is 3. The van der Waals surface area contributed by atoms with E-state index in [1.807, 2.05) is 74.6 Å². The molecule has 3 amide bonds. The highest BCUT2D eigenvalue weighted by Gasteiger charge is 2.33. The number of fused-ring (bicyclic) bond motifs is 1. The Labute approximate surface area is 249 Å². The molecular formula is C35H43N5O2. The van der Waals surface area contributed by atoms with Crippen molar-refractivity contribution in [2.24, 2.45) is 0 Å². The molecule has 7 heteroatoms. The molecule has 0 saturated carbocycles. The zero-order valence-electron chi connectivity index (χ0n) is 25.2. The largest absolute Gasteiger partial charge is 0.361 e. The molecule has 0 aliphatic carbocycles. The van der Waals surface area contributed by atoms with Crippen molar-refractivity contribution in [3.05, 3.63) is 101 Å². The van der Waals surface area contributed by atoms with Crippen molar-refractivity contribution < 1.29 is 9.59 Å². The number of carbonyl (C=O) groups excluding carboxylic acids is 2. The van der Waals surface area contributed by atoms with Gasteiger partial charge in [0.1, 0.15) is 6.04 Å². The van der Waals surface area contributed by atoms with Crippen LogP contribution in [0.15, 0.2) is 79.0 Å². The molecule has 7 nitrogen and oxygen atoms in total. The first-order valence-corrected chi connectivity index (χ1v) is 15.1. The van der Waals surface area contributed by atoms with Crippen LogP contribution in [0.4, 0.5) is 10.5 Å². The highest BCUT2D eigenvalue weighted by Crippen LogP contribution is 2.32. The topological polar surface area (TPSA) is 80.5 Å². The van der Waals surface area contributed by atoms with Crippen molar-refractivity contribution in [1.29, 1.82) is 0 Å². The molecule has 42 heavy (non-hydrogen) atoms. The molecule has 1 saturated heterocycles. The van der Waals surface area contributed by atoms with Crippen LogP contribution in [0, 0.1) is 0 Å². The predicted molar refractivity (Wildman–Crippen MR) is 171 cm³/mol. The predicted octanol–water partition coefficient (Wildman–Crippen LogP) is 6.49. The summed E-state index contributed by atoms with van der Waals surface area (Å²) in [6, 6.07) is 23.7. The van der Waals surface area contributed by atoms with E-state index in [1.165, 1.54) is 11.1 Å². The summed E-state index contributed by atoms with van der Waals surface area (Å²) in [6.45, 7) is 6.30. The smallest absolute Gasteiger partial charge is 0.318 e. The van der Waals surface area contributed by atoms with Crippen LogP contribution in [0.25, 0.3) is 10.9 Å². The van der Waals surface area contributed by atoms with Crippen molar-refractivity contribution in [2.45, 2.75) is 57.5 Å². The van der Waals surface area contributed by atoms with Gasteiger partial charge in [-0.15, -0.1) is 0 Å². The number of hydrogen-bond acceptors (Lipinski definition) is 3. The van der Waals surface area contributed by atoms with Gasteiger partial charge in [-0.1, -0.05) is 68.4 Å². The van der Waals surface area contributed by atoms with Gasteiger partial charge in [0.05, 0.1) is 0 Å². The Morgan fingerprint density at radius 2 is 1.74 bits per heavy atom. The standard InChI is InChI=1S/C35H43N5O2/c1-5-26-12-6-7-14-29(26)27-17-19-40(20-18-27)35(42)38-33(24(2)31-22-36-32-16-9-8-15-30(31)32)34(41)37-28-13-10-11-25(21-28)23-39(3)4/h6-16,21-22,24,27,33,36H,5,17-20,23H2,1-4H3,(H,37,41)(H,38,42)/t24-,33-/m1/s1. The van der Waals surface area contributed by atoms with Crippen molar-refractivity contribution >= 4 is 28.5 Å². The number of carbonyl (C=O) groups is 2.